The van der Waals surface area contributed by atoms with Gasteiger partial charge in [-0.1, -0.05) is 248 Å². The Hall–Kier alpha value is -8.75. The number of halogens is 8. The number of nitrogens with one attached hydrogen (secondary N) is 1. The van der Waals surface area contributed by atoms with Crippen LogP contribution in [0.4, 0.5) is 17.6 Å². The Labute approximate surface area is 811 Å². The molecular weight excluding hydrogens is 1880 g/mol. The maximum atomic E-state index is 13.7. The molecule has 26 heteroatoms. The van der Waals surface area contributed by atoms with Crippen LogP contribution in [-0.4, -0.2) is 196 Å². The Kier molecular flexibility index (Phi) is 33.2. The van der Waals surface area contributed by atoms with Gasteiger partial charge in [0.1, 0.15) is 59.7 Å². The molecule has 0 amide bonds. The highest BCUT2D eigenvalue weighted by Crippen LogP contribution is 2.61. The van der Waals surface area contributed by atoms with Crippen LogP contribution in [0.5, 0.6) is 0 Å². The topological polar surface area (TPSA) is 137 Å². The van der Waals surface area contributed by atoms with E-state index in [9.17, 15) is 27.2 Å². The quantitative estimate of drug-likeness (QED) is 0.0418. The van der Waals surface area contributed by atoms with Gasteiger partial charge in [0.25, 0.3) is 18.1 Å². The van der Waals surface area contributed by atoms with Crippen LogP contribution in [0, 0.1) is 28.7 Å². The number of ether oxygens (including phenoxy) is 3. The molecule has 4 saturated heterocycles. The lowest BCUT2D eigenvalue weighted by Gasteiger charge is -2.45. The van der Waals surface area contributed by atoms with Crippen molar-refractivity contribution in [3.05, 3.63) is 356 Å². The van der Waals surface area contributed by atoms with Gasteiger partial charge in [0, 0.05) is 78.7 Å². The molecule has 0 aliphatic carbocycles. The fraction of sp³-hybridized carbons (Fsp3) is 0.396. The van der Waals surface area contributed by atoms with Crippen LogP contribution in [0.1, 0.15) is 169 Å². The fourth-order valence-electron chi connectivity index (χ4n) is 21.2. The number of aliphatic hydroxyl groups is 1. The van der Waals surface area contributed by atoms with Crippen LogP contribution in [0.25, 0.3) is 0 Å². The van der Waals surface area contributed by atoms with Gasteiger partial charge in [0.2, 0.25) is 0 Å². The molecule has 0 radical (unpaired) electrons. The number of aliphatic hydroxyl groups excluding tert-OH is 1. The zero-order valence-corrected chi connectivity index (χ0v) is 80.5. The Morgan fingerprint density at radius 1 is 0.447 bits per heavy atom. The number of thiocarbonyl (C=S) groups is 1. The number of rotatable bonds is 11. The first kappa shape index (κ1) is 97.8. The summed E-state index contributed by atoms with van der Waals surface area (Å²) in [6.45, 7) is 15.1. The highest BCUT2D eigenvalue weighted by molar-refractivity contribution is 14.1. The Morgan fingerprint density at radius 3 is 1.17 bits per heavy atom. The molecule has 0 saturated carbocycles. The number of hydrogen-bond donors (Lipinski definition) is 2. The summed E-state index contributed by atoms with van der Waals surface area (Å²) in [5.41, 5.74) is 16.6. The van der Waals surface area contributed by atoms with Crippen LogP contribution >= 0.6 is 73.7 Å². The molecule has 11 aliphatic rings. The number of nitrogens with zero attached hydrogens (tertiary/aromatic N) is 10. The van der Waals surface area contributed by atoms with E-state index in [0.29, 0.717) is 26.2 Å². The number of likely N-dealkylation sites (N-methyl/N-ethyl adjacent to an activating group) is 1. The van der Waals surface area contributed by atoms with Gasteiger partial charge >= 0.3 is 5.20 Å². The third-order valence-electron chi connectivity index (χ3n) is 27.3. The molecule has 0 bridgehead atoms. The summed E-state index contributed by atoms with van der Waals surface area (Å²) in [5, 5.41) is 10.8. The highest BCUT2D eigenvalue weighted by atomic mass is 127. The number of alkyl halides is 1. The van der Waals surface area contributed by atoms with Crippen molar-refractivity contribution in [2.75, 3.05) is 117 Å². The Balaban J connectivity index is 0.000000139. The van der Waals surface area contributed by atoms with Crippen molar-refractivity contribution in [2.24, 2.45) is 20.4 Å². The molecule has 16 nitrogen and oxygen atoms in total. The highest BCUT2D eigenvalue weighted by Gasteiger charge is 2.48. The normalized spacial score (nSPS) is 24.2. The molecule has 698 valence electrons. The van der Waals surface area contributed by atoms with E-state index in [4.69, 9.17) is 41.4 Å². The number of amidine groups is 3. The molecule has 3 spiro atoms. The molecule has 21 rings (SSSR count). The van der Waals surface area contributed by atoms with Gasteiger partial charge in [-0.3, -0.25) is 14.4 Å². The summed E-state index contributed by atoms with van der Waals surface area (Å²) in [7, 11) is 2.16. The predicted octanol–water partition coefficient (Wildman–Crippen LogP) is 22.6. The van der Waals surface area contributed by atoms with Crippen molar-refractivity contribution in [3.63, 3.8) is 0 Å². The first-order valence-corrected chi connectivity index (χ1v) is 52.8. The first-order valence-electron chi connectivity index (χ1n) is 45.8. The summed E-state index contributed by atoms with van der Waals surface area (Å²) < 4.78 is 82.7. The first-order chi connectivity index (χ1) is 63.6. The molecule has 10 aromatic carbocycles. The van der Waals surface area contributed by atoms with Crippen molar-refractivity contribution in [1.29, 1.82) is 0 Å². The predicted molar refractivity (Wildman–Crippen MR) is 540 cm³/mol. The average Bonchev–Trinajstić information content (AvgIpc) is 1.75. The molecule has 10 aromatic rings. The maximum absolute atomic E-state index is 13.7. The third kappa shape index (κ3) is 24.0. The van der Waals surface area contributed by atoms with Crippen LogP contribution in [0.15, 0.2) is 270 Å². The SMILES string of the molecule is C.CI.CN1CCCC2(COC(N3CCc4ccccc4[C@@H]3c3ccc(F)cc3)=N2)C1.Fc1ccc([C@H]2c3ccccc3CCN2C2=NC3(CCCN(Cc4ccccc4)C3)CO2)cc1.Fc1ccc([C@H]2c3ccccc3CCN2C2=NC3(CCCNC3)CO2)cc1.O=P(Cl)(Cl)Cl.OCC1(CC(=S)N2CCc3ccccc3[C@@H]2c2ccc(F)cc2)CCCN(Cc2ccccc2)C1.[HH]. The average molecular weight is 2000 g/mol. The van der Waals surface area contributed by atoms with Crippen molar-refractivity contribution >= 4 is 96.8 Å². The van der Waals surface area contributed by atoms with E-state index < -0.39 is 5.20 Å². The van der Waals surface area contributed by atoms with Crippen molar-refractivity contribution in [3.8, 4) is 0 Å². The smallest absolute Gasteiger partial charge is 0.339 e. The molecule has 8 atom stereocenters. The molecule has 0 aromatic heterocycles. The van der Waals surface area contributed by atoms with Gasteiger partial charge in [-0.05, 0) is 275 Å². The standard InChI is InChI=1S/C30H33FN2OS.C29H30FN3O.C23H26FN3O.C22H24FN3O.CH3I.CH4.Cl3OP.H2/c31-26-13-11-25(12-14-26)29-27-10-5-4-9-24(27)15-18-33(29)28(35)19-30(22-34)16-6-17-32(21-30)20-23-7-2-1-3-8-23;30-25-13-11-24(12-14-25)27-26-10-5-4-9-23(26)15-18-33(27)28-31-29(21-34-28)16-6-17-32(20-29)19-22-7-2-1-3-8-22;1-26-13-4-12-23(15-26)16-28-22(25-23)27-14-11-17-5-2-3-6-20(17)21(27)18-7-9-19(24)10-8-18;23-18-8-6-17(7-9-18)20-19-5-2-1-4-16(19)10-13-26(20)21-25-22(15-27-21)11-3-12-24-14-22;1-2;;1-5(2,3)4;/h1-5,7-14,29,34H,6,15-22H2;1-5,7-14,27H,6,15-21H2;2-3,5-10,21H,4,11-16H2,1H3;1-2,4-9,20,24H,3,10-15H2;1H3;1H4;;1H/t29-,30?;27-,29?;21-,23?;20-,22?;;;;/m0000..../s1. The number of piperidine rings is 4. The molecule has 11 aliphatic heterocycles. The van der Waals surface area contributed by atoms with Gasteiger partial charge in [-0.25, -0.2) is 32.5 Å². The van der Waals surface area contributed by atoms with Crippen LogP contribution in [0.2, 0.25) is 0 Å². The zero-order chi connectivity index (χ0) is 91.1. The van der Waals surface area contributed by atoms with Gasteiger partial charge in [0.15, 0.2) is 0 Å². The molecule has 4 unspecified atom stereocenters. The molecular formula is C106H122Cl3F4IN11O5PS. The van der Waals surface area contributed by atoms with E-state index in [1.54, 1.807) is 24.3 Å². The largest absolute Gasteiger partial charge is 0.462 e. The summed E-state index contributed by atoms with van der Waals surface area (Å²) in [4.78, 5) is 34.8. The van der Waals surface area contributed by atoms with E-state index in [-0.39, 0.29) is 84.9 Å². The summed E-state index contributed by atoms with van der Waals surface area (Å²) >= 11 is 22.1. The lowest BCUT2D eigenvalue weighted by molar-refractivity contribution is 0.0322. The number of fused-ring (bicyclic) bond motifs is 4. The molecule has 4 fully saturated rings. The number of aliphatic imine (C=N–C) groups is 3. The van der Waals surface area contributed by atoms with E-state index >= 15 is 0 Å². The second-order valence-electron chi connectivity index (χ2n) is 36.5. The molecule has 132 heavy (non-hydrogen) atoms. The van der Waals surface area contributed by atoms with E-state index in [1.165, 1.54) is 79.9 Å². The lowest BCUT2D eigenvalue weighted by Crippen LogP contribution is -2.49. The van der Waals surface area contributed by atoms with Gasteiger partial charge < -0.3 is 49.1 Å². The molecule has 11 heterocycles. The van der Waals surface area contributed by atoms with Crippen molar-refractivity contribution < 1.29 is 42.9 Å². The minimum absolute atomic E-state index is 0. The number of likely N-dealkylation sites (tertiary alicyclic amines) is 3. The van der Waals surface area contributed by atoms with E-state index in [1.807, 2.05) is 59.5 Å². The van der Waals surface area contributed by atoms with Crippen molar-refractivity contribution in [1.82, 2.24) is 39.6 Å². The Bertz CT molecular complexity index is 5640. The molecule has 2 N–H and O–H groups in total. The van der Waals surface area contributed by atoms with Crippen molar-refractivity contribution in [2.45, 2.75) is 145 Å². The summed E-state index contributed by atoms with van der Waals surface area (Å²) in [6.07, 6.45) is 13.1. The number of benzene rings is 10. The van der Waals surface area contributed by atoms with Gasteiger partial charge in [-0.2, -0.15) is 0 Å². The van der Waals surface area contributed by atoms with Gasteiger partial charge in [-0.15, -0.1) is 0 Å². The monoisotopic (exact) mass is 2000 g/mol. The number of hydrogen-bond acceptors (Lipinski definition) is 16. The van der Waals surface area contributed by atoms with E-state index in [0.717, 1.165) is 214 Å². The summed E-state index contributed by atoms with van der Waals surface area (Å²) in [5.74, 6) is -0.866. The van der Waals surface area contributed by atoms with Crippen LogP contribution in [-0.2, 0) is 57.5 Å². The minimum atomic E-state index is -3.22. The Morgan fingerprint density at radius 2 is 0.780 bits per heavy atom. The summed E-state index contributed by atoms with van der Waals surface area (Å²) in [6, 6.07) is 84.9. The minimum Gasteiger partial charge on any atom is -0.462 e. The van der Waals surface area contributed by atoms with Crippen LogP contribution < -0.4 is 5.32 Å². The lowest BCUT2D eigenvalue weighted by atomic mass is 9.77. The second kappa shape index (κ2) is 44.8. The second-order valence-corrected chi connectivity index (χ2v) is 43.6. The van der Waals surface area contributed by atoms with Gasteiger partial charge in [0.05, 0.1) is 35.8 Å². The maximum Gasteiger partial charge on any atom is 0.339 e. The third-order valence-corrected chi connectivity index (χ3v) is 27.7. The van der Waals surface area contributed by atoms with E-state index in [2.05, 4.69) is 255 Å². The fourth-order valence-corrected chi connectivity index (χ4v) is 21.7. The van der Waals surface area contributed by atoms with Crippen LogP contribution in [0.3, 0.4) is 0 Å². The zero-order valence-electron chi connectivity index (χ0n) is 74.4.